The molecule has 0 aliphatic heterocycles. The summed E-state index contributed by atoms with van der Waals surface area (Å²) in [4.78, 5) is 11.3. The number of carbonyl (C=O) groups excluding carboxylic acids is 1. The van der Waals surface area contributed by atoms with Crippen LogP contribution in [0.4, 0.5) is 0 Å². The van der Waals surface area contributed by atoms with Gasteiger partial charge < -0.3 is 9.84 Å². The summed E-state index contributed by atoms with van der Waals surface area (Å²) >= 11 is 3.12. The first-order chi connectivity index (χ1) is 7.10. The summed E-state index contributed by atoms with van der Waals surface area (Å²) in [5, 5.41) is 18.1. The van der Waals surface area contributed by atoms with Gasteiger partial charge in [0.1, 0.15) is 17.4 Å². The highest BCUT2D eigenvalue weighted by Crippen LogP contribution is 2.26. The number of phenols is 1. The molecule has 0 radical (unpaired) electrons. The lowest BCUT2D eigenvalue weighted by Gasteiger charge is -2.05. The number of ether oxygens (including phenoxy) is 1. The molecule has 1 N–H and O–H groups in total. The standard InChI is InChI=1S/C10H8BrNO3/c1-2-15-10(14)7-4-8(11)6(5-12)3-9(7)13/h3-4,13H,2H2,1H3. The summed E-state index contributed by atoms with van der Waals surface area (Å²) in [6.45, 7) is 1.91. The Balaban J connectivity index is 3.17. The zero-order chi connectivity index (χ0) is 11.4. The van der Waals surface area contributed by atoms with Crippen LogP contribution in [0.25, 0.3) is 0 Å². The van der Waals surface area contributed by atoms with E-state index in [1.165, 1.54) is 12.1 Å². The first-order valence-electron chi connectivity index (χ1n) is 4.19. The summed E-state index contributed by atoms with van der Waals surface area (Å²) in [6, 6.07) is 4.46. The molecule has 0 saturated carbocycles. The minimum absolute atomic E-state index is 0.0442. The van der Waals surface area contributed by atoms with Gasteiger partial charge in [-0.2, -0.15) is 5.26 Å². The lowest BCUT2D eigenvalue weighted by molar-refractivity contribution is 0.0523. The second kappa shape index (κ2) is 4.80. The van der Waals surface area contributed by atoms with Crippen molar-refractivity contribution >= 4 is 21.9 Å². The average Bonchev–Trinajstić information content (AvgIpc) is 2.21. The van der Waals surface area contributed by atoms with Crippen LogP contribution < -0.4 is 0 Å². The zero-order valence-corrected chi connectivity index (χ0v) is 9.54. The lowest BCUT2D eigenvalue weighted by atomic mass is 10.1. The second-order valence-electron chi connectivity index (χ2n) is 2.68. The van der Waals surface area contributed by atoms with Crippen LogP contribution in [0.2, 0.25) is 0 Å². The van der Waals surface area contributed by atoms with Crippen LogP contribution >= 0.6 is 15.9 Å². The topological polar surface area (TPSA) is 70.3 Å². The molecule has 4 nitrogen and oxygen atoms in total. The van der Waals surface area contributed by atoms with Crippen molar-refractivity contribution in [1.29, 1.82) is 5.26 Å². The zero-order valence-electron chi connectivity index (χ0n) is 7.95. The normalized spacial score (nSPS) is 9.40. The molecule has 0 aliphatic rings. The fraction of sp³-hybridized carbons (Fsp3) is 0.200. The van der Waals surface area contributed by atoms with E-state index in [2.05, 4.69) is 15.9 Å². The number of halogens is 1. The maximum Gasteiger partial charge on any atom is 0.341 e. The Morgan fingerprint density at radius 3 is 2.87 bits per heavy atom. The van der Waals surface area contributed by atoms with E-state index in [1.54, 1.807) is 6.92 Å². The van der Waals surface area contributed by atoms with Crippen LogP contribution in [0.1, 0.15) is 22.8 Å². The molecule has 5 heteroatoms. The maximum atomic E-state index is 11.3. The van der Waals surface area contributed by atoms with Gasteiger partial charge in [0.15, 0.2) is 0 Å². The van der Waals surface area contributed by atoms with Crippen LogP contribution in [0.5, 0.6) is 5.75 Å². The van der Waals surface area contributed by atoms with E-state index in [1.807, 2.05) is 6.07 Å². The Bertz CT molecular complexity index is 437. The predicted octanol–water partition coefficient (Wildman–Crippen LogP) is 2.20. The van der Waals surface area contributed by atoms with E-state index in [4.69, 9.17) is 10.00 Å². The highest BCUT2D eigenvalue weighted by molar-refractivity contribution is 9.10. The fourth-order valence-electron chi connectivity index (χ4n) is 1.02. The molecular formula is C10H8BrNO3. The second-order valence-corrected chi connectivity index (χ2v) is 3.54. The number of esters is 1. The molecule has 0 aromatic heterocycles. The Morgan fingerprint density at radius 2 is 2.33 bits per heavy atom. The van der Waals surface area contributed by atoms with E-state index >= 15 is 0 Å². The summed E-state index contributed by atoms with van der Waals surface area (Å²) in [5.74, 6) is -0.867. The summed E-state index contributed by atoms with van der Waals surface area (Å²) in [5.41, 5.74) is 0.309. The molecule has 0 unspecified atom stereocenters. The fourth-order valence-corrected chi connectivity index (χ4v) is 1.45. The summed E-state index contributed by atoms with van der Waals surface area (Å²) in [7, 11) is 0. The number of nitriles is 1. The van der Waals surface area contributed by atoms with Gasteiger partial charge in [-0.05, 0) is 35.0 Å². The molecule has 0 heterocycles. The van der Waals surface area contributed by atoms with Crippen molar-refractivity contribution in [2.75, 3.05) is 6.61 Å². The SMILES string of the molecule is CCOC(=O)c1cc(Br)c(C#N)cc1O. The Labute approximate surface area is 95.2 Å². The van der Waals surface area contributed by atoms with Crippen molar-refractivity contribution in [1.82, 2.24) is 0 Å². The molecule has 0 fully saturated rings. The monoisotopic (exact) mass is 269 g/mol. The highest BCUT2D eigenvalue weighted by Gasteiger charge is 2.15. The third-order valence-electron chi connectivity index (χ3n) is 1.70. The number of nitrogens with zero attached hydrogens (tertiary/aromatic N) is 1. The van der Waals surface area contributed by atoms with Gasteiger partial charge in [0.05, 0.1) is 12.2 Å². The van der Waals surface area contributed by atoms with E-state index in [9.17, 15) is 9.90 Å². The van der Waals surface area contributed by atoms with Crippen molar-refractivity contribution in [3.63, 3.8) is 0 Å². The van der Waals surface area contributed by atoms with Crippen LogP contribution in [0, 0.1) is 11.3 Å². The van der Waals surface area contributed by atoms with Crippen LogP contribution in [-0.2, 0) is 4.74 Å². The number of carbonyl (C=O) groups is 1. The number of aromatic hydroxyl groups is 1. The first-order valence-corrected chi connectivity index (χ1v) is 4.99. The predicted molar refractivity (Wildman–Crippen MR) is 56.5 cm³/mol. The smallest absolute Gasteiger partial charge is 0.341 e. The van der Waals surface area contributed by atoms with Gasteiger partial charge in [-0.3, -0.25) is 0 Å². The van der Waals surface area contributed by atoms with Crippen LogP contribution in [-0.4, -0.2) is 17.7 Å². The third-order valence-corrected chi connectivity index (χ3v) is 2.36. The molecule has 0 saturated heterocycles. The van der Waals surface area contributed by atoms with E-state index < -0.39 is 5.97 Å². The van der Waals surface area contributed by atoms with Gasteiger partial charge in [0, 0.05) is 4.47 Å². The van der Waals surface area contributed by atoms with Gasteiger partial charge >= 0.3 is 5.97 Å². The molecule has 78 valence electrons. The number of hydrogen-bond acceptors (Lipinski definition) is 4. The molecular weight excluding hydrogens is 262 g/mol. The molecule has 0 amide bonds. The highest BCUT2D eigenvalue weighted by atomic mass is 79.9. The van der Waals surface area contributed by atoms with E-state index in [0.717, 1.165) is 0 Å². The van der Waals surface area contributed by atoms with Gasteiger partial charge in [0.25, 0.3) is 0 Å². The molecule has 0 atom stereocenters. The van der Waals surface area contributed by atoms with Gasteiger partial charge in [-0.1, -0.05) is 0 Å². The first kappa shape index (κ1) is 11.5. The summed E-state index contributed by atoms with van der Waals surface area (Å²) in [6.07, 6.45) is 0. The number of hydrogen-bond donors (Lipinski definition) is 1. The average molecular weight is 270 g/mol. The van der Waals surface area contributed by atoms with Crippen molar-refractivity contribution in [3.05, 3.63) is 27.7 Å². The van der Waals surface area contributed by atoms with E-state index in [-0.39, 0.29) is 23.5 Å². The number of rotatable bonds is 2. The van der Waals surface area contributed by atoms with E-state index in [0.29, 0.717) is 4.47 Å². The van der Waals surface area contributed by atoms with Crippen molar-refractivity contribution < 1.29 is 14.6 Å². The Kier molecular flexibility index (Phi) is 3.69. The van der Waals surface area contributed by atoms with Gasteiger partial charge in [-0.15, -0.1) is 0 Å². The van der Waals surface area contributed by atoms with Crippen LogP contribution in [0.3, 0.4) is 0 Å². The molecule has 1 aromatic rings. The van der Waals surface area contributed by atoms with Gasteiger partial charge in [0.2, 0.25) is 0 Å². The number of phenolic OH excluding ortho intramolecular Hbond substituents is 1. The molecule has 0 aliphatic carbocycles. The maximum absolute atomic E-state index is 11.3. The molecule has 1 aromatic carbocycles. The third kappa shape index (κ3) is 2.48. The molecule has 0 spiro atoms. The lowest BCUT2D eigenvalue weighted by Crippen LogP contribution is -2.05. The minimum atomic E-state index is -0.611. The molecule has 1 rings (SSSR count). The molecule has 15 heavy (non-hydrogen) atoms. The number of benzene rings is 1. The minimum Gasteiger partial charge on any atom is -0.507 e. The van der Waals surface area contributed by atoms with Crippen molar-refractivity contribution in [2.45, 2.75) is 6.92 Å². The van der Waals surface area contributed by atoms with Gasteiger partial charge in [-0.25, -0.2) is 4.79 Å². The van der Waals surface area contributed by atoms with Crippen molar-refractivity contribution in [2.24, 2.45) is 0 Å². The summed E-state index contributed by atoms with van der Waals surface area (Å²) < 4.78 is 5.18. The van der Waals surface area contributed by atoms with Crippen LogP contribution in [0.15, 0.2) is 16.6 Å². The Hall–Kier alpha value is -1.54. The Morgan fingerprint density at radius 1 is 1.67 bits per heavy atom. The quantitative estimate of drug-likeness (QED) is 0.836. The largest absolute Gasteiger partial charge is 0.507 e. The molecule has 0 bridgehead atoms. The van der Waals surface area contributed by atoms with Crippen molar-refractivity contribution in [3.8, 4) is 11.8 Å².